The molecule has 4 rings (SSSR count). The minimum absolute atomic E-state index is 0.0838. The van der Waals surface area contributed by atoms with Crippen LogP contribution in [0.1, 0.15) is 47.6 Å². The van der Waals surface area contributed by atoms with Crippen molar-refractivity contribution in [3.8, 4) is 0 Å². The highest BCUT2D eigenvalue weighted by Crippen LogP contribution is 2.52. The van der Waals surface area contributed by atoms with Crippen LogP contribution >= 0.6 is 0 Å². The van der Waals surface area contributed by atoms with Gasteiger partial charge in [-0.25, -0.2) is 0 Å². The van der Waals surface area contributed by atoms with Crippen LogP contribution in [0.5, 0.6) is 0 Å². The summed E-state index contributed by atoms with van der Waals surface area (Å²) >= 11 is 0. The van der Waals surface area contributed by atoms with Gasteiger partial charge in [-0.05, 0) is 35.6 Å². The molecule has 2 aliphatic rings. The molecule has 0 saturated heterocycles. The molecule has 100 valence electrons. The summed E-state index contributed by atoms with van der Waals surface area (Å²) in [4.78, 5) is 0. The average Bonchev–Trinajstić information content (AvgIpc) is 2.47. The van der Waals surface area contributed by atoms with E-state index in [1.165, 1.54) is 28.7 Å². The molecular weight excluding hydrogens is 260 g/mol. The molecule has 3 atom stereocenters. The summed E-state index contributed by atoms with van der Waals surface area (Å²) in [5, 5.41) is 0. The summed E-state index contributed by atoms with van der Waals surface area (Å²) in [6.07, 6.45) is 1.18. The Labute approximate surface area is 122 Å². The zero-order valence-corrected chi connectivity index (χ0v) is 12.9. The van der Waals surface area contributed by atoms with Gasteiger partial charge in [0, 0.05) is 11.5 Å². The van der Waals surface area contributed by atoms with Gasteiger partial charge in [0.15, 0.2) is 0 Å². The normalized spacial score (nSPS) is 29.9. The molecule has 0 aromatic heterocycles. The Morgan fingerprint density at radius 1 is 1.05 bits per heavy atom. The van der Waals surface area contributed by atoms with E-state index in [1.54, 1.807) is 0 Å². The number of hydrogen-bond donors (Lipinski definition) is 0. The van der Waals surface area contributed by atoms with Crippen molar-refractivity contribution in [2.24, 2.45) is 0 Å². The third-order valence-corrected chi connectivity index (χ3v) is 6.40. The lowest BCUT2D eigenvalue weighted by molar-refractivity contribution is 0.0339. The molecule has 0 N–H and O–H groups in total. The van der Waals surface area contributed by atoms with Gasteiger partial charge in [-0.3, -0.25) is 0 Å². The first-order valence-electron chi connectivity index (χ1n) is 7.31. The number of benzene rings is 2. The molecule has 0 fully saturated rings. The topological polar surface area (TPSA) is 9.23 Å². The smallest absolute Gasteiger partial charge is 0.239 e. The van der Waals surface area contributed by atoms with Crippen LogP contribution in [0.2, 0.25) is 0 Å². The number of fused-ring (bicyclic) bond motifs is 2. The van der Waals surface area contributed by atoms with Crippen LogP contribution < -0.4 is 0 Å². The molecule has 0 aliphatic heterocycles. The van der Waals surface area contributed by atoms with Crippen molar-refractivity contribution >= 4 is 9.76 Å². The number of rotatable bonds is 3. The van der Waals surface area contributed by atoms with Gasteiger partial charge in [-0.15, -0.1) is 0 Å². The maximum atomic E-state index is 6.39. The van der Waals surface area contributed by atoms with E-state index < -0.39 is 0 Å². The van der Waals surface area contributed by atoms with Crippen molar-refractivity contribution in [3.63, 3.8) is 0 Å². The summed E-state index contributed by atoms with van der Waals surface area (Å²) in [6.45, 7) is 4.53. The van der Waals surface area contributed by atoms with Crippen LogP contribution in [0.3, 0.4) is 0 Å². The second-order valence-corrected chi connectivity index (χ2v) is 7.23. The van der Waals surface area contributed by atoms with Crippen LogP contribution in [-0.4, -0.2) is 9.76 Å². The molecular formula is C18H18OSi. The van der Waals surface area contributed by atoms with Crippen molar-refractivity contribution < 1.29 is 4.43 Å². The number of hydrogen-bond acceptors (Lipinski definition) is 1. The van der Waals surface area contributed by atoms with Gasteiger partial charge in [0.2, 0.25) is 9.76 Å². The highest BCUT2D eigenvalue weighted by atomic mass is 28.2. The summed E-state index contributed by atoms with van der Waals surface area (Å²) in [5.41, 5.74) is 6.36. The van der Waals surface area contributed by atoms with Crippen molar-refractivity contribution in [1.29, 1.82) is 0 Å². The third-order valence-electron chi connectivity index (χ3n) is 5.06. The van der Waals surface area contributed by atoms with E-state index in [2.05, 4.69) is 62.4 Å². The van der Waals surface area contributed by atoms with Crippen LogP contribution in [0.4, 0.5) is 0 Å². The van der Waals surface area contributed by atoms with E-state index in [-0.39, 0.29) is 5.60 Å². The Bertz CT molecular complexity index is 666. The molecule has 2 aromatic carbocycles. The quantitative estimate of drug-likeness (QED) is 0.772. The van der Waals surface area contributed by atoms with E-state index in [1.807, 2.05) is 0 Å². The Morgan fingerprint density at radius 2 is 1.75 bits per heavy atom. The van der Waals surface area contributed by atoms with E-state index in [4.69, 9.17) is 4.43 Å². The fourth-order valence-electron chi connectivity index (χ4n) is 3.48. The fourth-order valence-corrected chi connectivity index (χ4v) is 4.87. The molecule has 0 saturated carbocycles. The Morgan fingerprint density at radius 3 is 2.55 bits per heavy atom. The van der Waals surface area contributed by atoms with Crippen molar-refractivity contribution in [3.05, 3.63) is 70.8 Å². The monoisotopic (exact) mass is 278 g/mol. The van der Waals surface area contributed by atoms with Crippen LogP contribution in [0, 0.1) is 0 Å². The molecule has 2 radical (unpaired) electrons. The van der Waals surface area contributed by atoms with Gasteiger partial charge in [-0.1, -0.05) is 55.5 Å². The second-order valence-electron chi connectivity index (χ2n) is 6.09. The Kier molecular flexibility index (Phi) is 2.66. The zero-order valence-electron chi connectivity index (χ0n) is 11.9. The standard InChI is InChI=1S/C18H18OSi/c1-12-14-8-5-6-10-16(14)18(12,2)19-20-17-11-13-7-3-4-9-15(13)17/h3-10,12,17H,11H2,1-2H3. The summed E-state index contributed by atoms with van der Waals surface area (Å²) in [5.74, 6) is 0.501. The largest absolute Gasteiger partial charge is 0.407 e. The Hall–Kier alpha value is -1.38. The van der Waals surface area contributed by atoms with Crippen LogP contribution in [-0.2, 0) is 16.4 Å². The summed E-state index contributed by atoms with van der Waals surface area (Å²) in [6, 6.07) is 17.4. The zero-order chi connectivity index (χ0) is 13.7. The predicted molar refractivity (Wildman–Crippen MR) is 81.9 cm³/mol. The van der Waals surface area contributed by atoms with Gasteiger partial charge in [0.1, 0.15) is 0 Å². The summed E-state index contributed by atoms with van der Waals surface area (Å²) in [7, 11) is 0.567. The van der Waals surface area contributed by atoms with Crippen LogP contribution in [0.25, 0.3) is 0 Å². The van der Waals surface area contributed by atoms with Crippen molar-refractivity contribution in [2.75, 3.05) is 0 Å². The summed E-state index contributed by atoms with van der Waals surface area (Å²) < 4.78 is 6.39. The molecule has 0 bridgehead atoms. The first-order valence-corrected chi connectivity index (χ1v) is 8.29. The molecule has 2 aliphatic carbocycles. The molecule has 2 heteroatoms. The van der Waals surface area contributed by atoms with Gasteiger partial charge in [0.25, 0.3) is 0 Å². The molecule has 1 nitrogen and oxygen atoms in total. The molecule has 0 heterocycles. The first-order chi connectivity index (χ1) is 9.70. The van der Waals surface area contributed by atoms with Crippen molar-refractivity contribution in [2.45, 2.75) is 37.3 Å². The van der Waals surface area contributed by atoms with Gasteiger partial charge in [-0.2, -0.15) is 0 Å². The highest BCUT2D eigenvalue weighted by molar-refractivity contribution is 6.31. The minimum atomic E-state index is -0.0838. The lowest BCUT2D eigenvalue weighted by Gasteiger charge is -2.48. The third kappa shape index (κ3) is 1.58. The minimum Gasteiger partial charge on any atom is -0.407 e. The van der Waals surface area contributed by atoms with Crippen LogP contribution in [0.15, 0.2) is 48.5 Å². The van der Waals surface area contributed by atoms with Gasteiger partial charge >= 0.3 is 0 Å². The maximum Gasteiger partial charge on any atom is 0.239 e. The maximum absolute atomic E-state index is 6.39. The lowest BCUT2D eigenvalue weighted by Crippen LogP contribution is -2.44. The van der Waals surface area contributed by atoms with Crippen molar-refractivity contribution in [1.82, 2.24) is 0 Å². The van der Waals surface area contributed by atoms with E-state index in [0.29, 0.717) is 21.2 Å². The lowest BCUT2D eigenvalue weighted by atomic mass is 9.66. The predicted octanol–water partition coefficient (Wildman–Crippen LogP) is 3.95. The van der Waals surface area contributed by atoms with Gasteiger partial charge < -0.3 is 4.43 Å². The first kappa shape index (κ1) is 12.4. The highest BCUT2D eigenvalue weighted by Gasteiger charge is 2.46. The van der Waals surface area contributed by atoms with E-state index in [9.17, 15) is 0 Å². The molecule has 3 unspecified atom stereocenters. The van der Waals surface area contributed by atoms with E-state index >= 15 is 0 Å². The Balaban J connectivity index is 1.49. The second kappa shape index (κ2) is 4.30. The molecule has 20 heavy (non-hydrogen) atoms. The SMILES string of the molecule is CC1c2ccccc2C1(C)O[Si]C1Cc2ccccc21. The molecule has 2 aromatic rings. The molecule has 0 spiro atoms. The average molecular weight is 278 g/mol. The fraction of sp³-hybridized carbons (Fsp3) is 0.333. The van der Waals surface area contributed by atoms with Gasteiger partial charge in [0.05, 0.1) is 5.60 Å². The van der Waals surface area contributed by atoms with E-state index in [0.717, 1.165) is 0 Å². The molecule has 0 amide bonds.